The van der Waals surface area contributed by atoms with Crippen LogP contribution >= 0.6 is 0 Å². The molecule has 0 saturated carbocycles. The molecule has 0 bridgehead atoms. The van der Waals surface area contributed by atoms with E-state index in [9.17, 15) is 13.8 Å². The Bertz CT molecular complexity index is 818. The lowest BCUT2D eigenvalue weighted by Gasteiger charge is -2.09. The molecule has 1 heterocycles. The van der Waals surface area contributed by atoms with Crippen LogP contribution in [-0.2, 0) is 28.6 Å². The molecule has 0 aromatic heterocycles. The van der Waals surface area contributed by atoms with Gasteiger partial charge in [0.1, 0.15) is 0 Å². The molecule has 0 fully saturated rings. The van der Waals surface area contributed by atoms with Gasteiger partial charge in [0.15, 0.2) is 0 Å². The second kappa shape index (κ2) is 6.84. The third-order valence-corrected chi connectivity index (χ3v) is 4.63. The van der Waals surface area contributed by atoms with Gasteiger partial charge < -0.3 is 16.0 Å². The quantitative estimate of drug-likeness (QED) is 0.796. The van der Waals surface area contributed by atoms with E-state index in [1.54, 1.807) is 30.5 Å². The molecular formula is C17H17N3O3S. The molecule has 0 radical (unpaired) electrons. The van der Waals surface area contributed by atoms with Crippen LogP contribution in [0, 0.1) is 0 Å². The zero-order valence-corrected chi connectivity index (χ0v) is 13.9. The lowest BCUT2D eigenvalue weighted by atomic mass is 10.1. The Kier molecular flexibility index (Phi) is 4.61. The lowest BCUT2D eigenvalue weighted by molar-refractivity contribution is -0.115. The minimum absolute atomic E-state index is 0.00990. The van der Waals surface area contributed by atoms with Crippen LogP contribution in [0.2, 0.25) is 0 Å². The fourth-order valence-electron chi connectivity index (χ4n) is 2.48. The summed E-state index contributed by atoms with van der Waals surface area (Å²) in [6.07, 6.45) is 1.98. The van der Waals surface area contributed by atoms with Crippen molar-refractivity contribution in [1.82, 2.24) is 5.32 Å². The van der Waals surface area contributed by atoms with Crippen LogP contribution in [-0.4, -0.2) is 22.4 Å². The third kappa shape index (κ3) is 3.80. The summed E-state index contributed by atoms with van der Waals surface area (Å²) in [6.45, 7) is 0.365. The predicted molar refractivity (Wildman–Crippen MR) is 93.4 cm³/mol. The number of rotatable bonds is 4. The summed E-state index contributed by atoms with van der Waals surface area (Å²) in [5.74, 6) is -0.00990. The molecule has 1 aliphatic rings. The van der Waals surface area contributed by atoms with E-state index < -0.39 is 10.8 Å². The number of fused-ring (bicyclic) bond motifs is 1. The van der Waals surface area contributed by atoms with Crippen molar-refractivity contribution in [3.8, 4) is 0 Å². The highest BCUT2D eigenvalue weighted by Gasteiger charge is 2.17. The van der Waals surface area contributed by atoms with E-state index in [0.29, 0.717) is 23.5 Å². The first-order valence-electron chi connectivity index (χ1n) is 7.41. The number of amides is 3. The van der Waals surface area contributed by atoms with Crippen molar-refractivity contribution in [2.45, 2.75) is 17.9 Å². The van der Waals surface area contributed by atoms with Crippen LogP contribution in [0.5, 0.6) is 0 Å². The molecule has 0 saturated heterocycles. The molecule has 3 N–H and O–H groups in total. The number of nitrogens with one attached hydrogen (secondary N) is 3. The first-order valence-corrected chi connectivity index (χ1v) is 8.97. The zero-order valence-electron chi connectivity index (χ0n) is 13.1. The van der Waals surface area contributed by atoms with E-state index in [0.717, 1.165) is 16.8 Å². The molecule has 24 heavy (non-hydrogen) atoms. The van der Waals surface area contributed by atoms with E-state index >= 15 is 0 Å². The van der Waals surface area contributed by atoms with Crippen molar-refractivity contribution in [1.29, 1.82) is 0 Å². The van der Waals surface area contributed by atoms with Gasteiger partial charge in [0.2, 0.25) is 5.91 Å². The average molecular weight is 343 g/mol. The summed E-state index contributed by atoms with van der Waals surface area (Å²) in [7, 11) is -1.04. The average Bonchev–Trinajstić information content (AvgIpc) is 2.92. The monoisotopic (exact) mass is 343 g/mol. The summed E-state index contributed by atoms with van der Waals surface area (Å²) in [5.41, 5.74) is 3.34. The van der Waals surface area contributed by atoms with Gasteiger partial charge in [-0.15, -0.1) is 0 Å². The van der Waals surface area contributed by atoms with Gasteiger partial charge in [0.25, 0.3) is 0 Å². The zero-order chi connectivity index (χ0) is 17.1. The first-order chi connectivity index (χ1) is 11.5. The number of benzene rings is 2. The molecule has 3 amide bonds. The maximum Gasteiger partial charge on any atom is 0.319 e. The largest absolute Gasteiger partial charge is 0.334 e. The van der Waals surface area contributed by atoms with Crippen molar-refractivity contribution in [2.75, 3.05) is 16.9 Å². The van der Waals surface area contributed by atoms with Gasteiger partial charge in [0, 0.05) is 39.9 Å². The molecule has 1 atom stereocenters. The highest BCUT2D eigenvalue weighted by molar-refractivity contribution is 7.84. The Hall–Kier alpha value is -2.67. The number of carbonyl (C=O) groups excluding carboxylic acids is 2. The van der Waals surface area contributed by atoms with Crippen LogP contribution in [0.25, 0.3) is 0 Å². The van der Waals surface area contributed by atoms with Gasteiger partial charge in [-0.2, -0.15) is 0 Å². The van der Waals surface area contributed by atoms with Gasteiger partial charge in [-0.25, -0.2) is 4.79 Å². The van der Waals surface area contributed by atoms with Gasteiger partial charge in [-0.05, 0) is 41.5 Å². The Labute approximate surface area is 142 Å². The third-order valence-electron chi connectivity index (χ3n) is 3.69. The van der Waals surface area contributed by atoms with E-state index in [-0.39, 0.29) is 11.9 Å². The Morgan fingerprint density at radius 2 is 1.96 bits per heavy atom. The topological polar surface area (TPSA) is 87.3 Å². The second-order valence-corrected chi connectivity index (χ2v) is 6.88. The molecule has 0 spiro atoms. The normalized spacial score (nSPS) is 13.8. The van der Waals surface area contributed by atoms with Crippen molar-refractivity contribution < 1.29 is 13.8 Å². The van der Waals surface area contributed by atoms with Crippen LogP contribution in [0.15, 0.2) is 47.4 Å². The molecule has 2 aromatic carbocycles. The van der Waals surface area contributed by atoms with E-state index in [4.69, 9.17) is 0 Å². The van der Waals surface area contributed by atoms with Gasteiger partial charge in [-0.3, -0.25) is 9.00 Å². The van der Waals surface area contributed by atoms with Gasteiger partial charge in [-0.1, -0.05) is 12.1 Å². The van der Waals surface area contributed by atoms with E-state index in [2.05, 4.69) is 16.0 Å². The molecular weight excluding hydrogens is 326 g/mol. The highest BCUT2D eigenvalue weighted by Crippen LogP contribution is 2.23. The van der Waals surface area contributed by atoms with Gasteiger partial charge >= 0.3 is 6.03 Å². The summed E-state index contributed by atoms with van der Waals surface area (Å²) >= 11 is 0. The molecule has 0 aliphatic carbocycles. The fourth-order valence-corrected chi connectivity index (χ4v) is 3.00. The fraction of sp³-hybridized carbons (Fsp3) is 0.176. The maximum absolute atomic E-state index is 11.9. The minimum atomic E-state index is -1.04. The molecule has 7 heteroatoms. The van der Waals surface area contributed by atoms with Crippen molar-refractivity contribution >= 4 is 34.1 Å². The molecule has 6 nitrogen and oxygen atoms in total. The number of urea groups is 1. The Balaban J connectivity index is 1.55. The van der Waals surface area contributed by atoms with Crippen LogP contribution in [0.1, 0.15) is 11.1 Å². The minimum Gasteiger partial charge on any atom is -0.334 e. The molecule has 1 unspecified atom stereocenters. The summed E-state index contributed by atoms with van der Waals surface area (Å²) in [4.78, 5) is 24.0. The molecule has 1 aliphatic heterocycles. The van der Waals surface area contributed by atoms with Crippen LogP contribution in [0.4, 0.5) is 16.2 Å². The van der Waals surface area contributed by atoms with E-state index in [1.165, 1.54) is 0 Å². The number of carbonyl (C=O) groups is 2. The van der Waals surface area contributed by atoms with Crippen molar-refractivity contribution in [3.05, 3.63) is 53.6 Å². The smallest absolute Gasteiger partial charge is 0.319 e. The highest BCUT2D eigenvalue weighted by atomic mass is 32.2. The molecule has 124 valence electrons. The van der Waals surface area contributed by atoms with Crippen LogP contribution < -0.4 is 16.0 Å². The number of hydrogen-bond donors (Lipinski definition) is 3. The predicted octanol–water partition coefficient (Wildman–Crippen LogP) is 2.24. The SMILES string of the molecule is CS(=O)c1ccc(NC(=O)NCc2ccc3c(c2)CC(=O)N3)cc1. The summed E-state index contributed by atoms with van der Waals surface area (Å²) in [5, 5.41) is 8.27. The number of anilines is 2. The maximum atomic E-state index is 11.9. The summed E-state index contributed by atoms with van der Waals surface area (Å²) in [6, 6.07) is 12.2. The summed E-state index contributed by atoms with van der Waals surface area (Å²) < 4.78 is 11.3. The molecule has 3 rings (SSSR count). The Morgan fingerprint density at radius 1 is 1.21 bits per heavy atom. The van der Waals surface area contributed by atoms with E-state index in [1.807, 2.05) is 18.2 Å². The lowest BCUT2D eigenvalue weighted by Crippen LogP contribution is -2.28. The van der Waals surface area contributed by atoms with Crippen molar-refractivity contribution in [2.24, 2.45) is 0 Å². The van der Waals surface area contributed by atoms with Gasteiger partial charge in [0.05, 0.1) is 6.42 Å². The first kappa shape index (κ1) is 16.2. The Morgan fingerprint density at radius 3 is 2.67 bits per heavy atom. The molecule has 2 aromatic rings. The standard InChI is InChI=1S/C17H17N3O3S/c1-24(23)14-5-3-13(4-6-14)19-17(22)18-10-11-2-7-15-12(8-11)9-16(21)20-15/h2-8H,9-10H2,1H3,(H,20,21)(H2,18,19,22). The second-order valence-electron chi connectivity index (χ2n) is 5.50. The number of hydrogen-bond acceptors (Lipinski definition) is 3. The van der Waals surface area contributed by atoms with Crippen molar-refractivity contribution in [3.63, 3.8) is 0 Å². The van der Waals surface area contributed by atoms with Crippen LogP contribution in [0.3, 0.4) is 0 Å².